The Hall–Kier alpha value is -3.80. The van der Waals surface area contributed by atoms with Crippen LogP contribution < -0.4 is 4.90 Å². The molecule has 0 spiro atoms. The fourth-order valence-corrected chi connectivity index (χ4v) is 3.80. The molecule has 0 saturated heterocycles. The Morgan fingerprint density at radius 1 is 1.13 bits per heavy atom. The van der Waals surface area contributed by atoms with Gasteiger partial charge in [0, 0.05) is 47.9 Å². The van der Waals surface area contributed by atoms with Crippen molar-refractivity contribution >= 4 is 40.3 Å². The molecule has 6 heteroatoms. The van der Waals surface area contributed by atoms with Gasteiger partial charge in [0.05, 0.1) is 5.52 Å². The number of anilines is 1. The van der Waals surface area contributed by atoms with Gasteiger partial charge in [-0.05, 0) is 49.2 Å². The minimum absolute atomic E-state index is 0.0201. The third kappa shape index (κ3) is 4.23. The van der Waals surface area contributed by atoms with Crippen LogP contribution in [0, 0.1) is 0 Å². The number of fused-ring (bicyclic) bond motifs is 2. The second kappa shape index (κ2) is 8.52. The molecule has 0 aliphatic carbocycles. The lowest BCUT2D eigenvalue weighted by Crippen LogP contribution is -2.26. The van der Waals surface area contributed by atoms with Crippen molar-refractivity contribution in [3.05, 3.63) is 77.5 Å². The number of amides is 1. The van der Waals surface area contributed by atoms with E-state index in [2.05, 4.69) is 4.98 Å². The number of esters is 1. The molecular weight excluding hydrogens is 392 g/mol. The summed E-state index contributed by atoms with van der Waals surface area (Å²) < 4.78 is 5.32. The van der Waals surface area contributed by atoms with Crippen LogP contribution >= 0.6 is 0 Å². The SMILES string of the molecule is CC(=O)N1CCc2cc(C(=O)C(C)OC(=O)/C=C/c3cccc4cccnc34)ccc21. The van der Waals surface area contributed by atoms with E-state index in [-0.39, 0.29) is 11.7 Å². The van der Waals surface area contributed by atoms with Crippen LogP contribution in [0.4, 0.5) is 5.69 Å². The number of aromatic nitrogens is 1. The summed E-state index contributed by atoms with van der Waals surface area (Å²) in [7, 11) is 0. The normalized spacial score (nSPS) is 13.9. The van der Waals surface area contributed by atoms with Gasteiger partial charge < -0.3 is 9.64 Å². The standard InChI is InChI=1S/C25H22N2O4/c1-16(25(30)21-8-10-22-20(15-21)12-14-27(22)17(2)28)31-23(29)11-9-19-6-3-5-18-7-4-13-26-24(18)19/h3-11,13,15-16H,12,14H2,1-2H3/b11-9+. The molecule has 31 heavy (non-hydrogen) atoms. The Balaban J connectivity index is 1.44. The first-order chi connectivity index (χ1) is 14.9. The molecule has 1 aliphatic rings. The van der Waals surface area contributed by atoms with E-state index >= 15 is 0 Å². The average Bonchev–Trinajstić information content (AvgIpc) is 3.20. The molecule has 1 unspecified atom stereocenters. The van der Waals surface area contributed by atoms with Crippen molar-refractivity contribution in [2.24, 2.45) is 0 Å². The van der Waals surface area contributed by atoms with Crippen LogP contribution in [-0.2, 0) is 20.7 Å². The van der Waals surface area contributed by atoms with E-state index in [1.54, 1.807) is 42.3 Å². The van der Waals surface area contributed by atoms with Gasteiger partial charge in [0.25, 0.3) is 0 Å². The third-order valence-corrected chi connectivity index (χ3v) is 5.36. The highest BCUT2D eigenvalue weighted by Crippen LogP contribution is 2.29. The Kier molecular flexibility index (Phi) is 5.62. The number of ether oxygens (including phenoxy) is 1. The Morgan fingerprint density at radius 2 is 1.94 bits per heavy atom. The number of carbonyl (C=O) groups excluding carboxylic acids is 3. The fourth-order valence-electron chi connectivity index (χ4n) is 3.80. The zero-order chi connectivity index (χ0) is 22.0. The molecule has 6 nitrogen and oxygen atoms in total. The minimum Gasteiger partial charge on any atom is -0.451 e. The summed E-state index contributed by atoms with van der Waals surface area (Å²) in [6.07, 6.45) is 4.42. The van der Waals surface area contributed by atoms with Crippen molar-refractivity contribution in [2.45, 2.75) is 26.4 Å². The van der Waals surface area contributed by atoms with Crippen LogP contribution in [-0.4, -0.2) is 35.3 Å². The Morgan fingerprint density at radius 3 is 2.74 bits per heavy atom. The van der Waals surface area contributed by atoms with Gasteiger partial charge in [-0.1, -0.05) is 24.3 Å². The molecule has 0 fully saturated rings. The summed E-state index contributed by atoms with van der Waals surface area (Å²) in [6, 6.07) is 14.7. The van der Waals surface area contributed by atoms with Crippen LogP contribution in [0.1, 0.15) is 35.3 Å². The molecule has 0 saturated carbocycles. The summed E-state index contributed by atoms with van der Waals surface area (Å²) in [6.45, 7) is 3.70. The Bertz CT molecular complexity index is 1210. The molecule has 0 bridgehead atoms. The second-order valence-corrected chi connectivity index (χ2v) is 7.46. The van der Waals surface area contributed by atoms with E-state index in [0.29, 0.717) is 18.5 Å². The molecule has 1 aromatic heterocycles. The second-order valence-electron chi connectivity index (χ2n) is 7.46. The number of carbonyl (C=O) groups is 3. The monoisotopic (exact) mass is 414 g/mol. The van der Waals surface area contributed by atoms with Gasteiger partial charge >= 0.3 is 5.97 Å². The summed E-state index contributed by atoms with van der Waals surface area (Å²) in [5.74, 6) is -0.899. The summed E-state index contributed by atoms with van der Waals surface area (Å²) in [5, 5.41) is 0.974. The lowest BCUT2D eigenvalue weighted by molar-refractivity contribution is -0.140. The lowest BCUT2D eigenvalue weighted by atomic mass is 10.0. The molecule has 156 valence electrons. The van der Waals surface area contributed by atoms with Crippen molar-refractivity contribution in [1.29, 1.82) is 0 Å². The first-order valence-corrected chi connectivity index (χ1v) is 10.1. The van der Waals surface area contributed by atoms with Crippen LogP contribution in [0.2, 0.25) is 0 Å². The maximum atomic E-state index is 12.8. The van der Waals surface area contributed by atoms with Gasteiger partial charge in [-0.2, -0.15) is 0 Å². The number of benzene rings is 2. The maximum absolute atomic E-state index is 12.8. The molecular formula is C25H22N2O4. The Labute approximate surface area is 180 Å². The molecule has 2 heterocycles. The van der Waals surface area contributed by atoms with E-state index in [1.807, 2.05) is 30.3 Å². The average molecular weight is 414 g/mol. The van der Waals surface area contributed by atoms with Gasteiger partial charge in [-0.3, -0.25) is 14.6 Å². The molecule has 1 aliphatic heterocycles. The number of Topliss-reactive ketones (excluding diaryl/α,β-unsaturated/α-hetero) is 1. The number of nitrogens with zero attached hydrogens (tertiary/aromatic N) is 2. The molecule has 0 radical (unpaired) electrons. The van der Waals surface area contributed by atoms with Crippen LogP contribution in [0.5, 0.6) is 0 Å². The quantitative estimate of drug-likeness (QED) is 0.359. The van der Waals surface area contributed by atoms with Crippen molar-refractivity contribution in [3.8, 4) is 0 Å². The first kappa shape index (κ1) is 20.5. The van der Waals surface area contributed by atoms with Crippen molar-refractivity contribution in [1.82, 2.24) is 4.98 Å². The van der Waals surface area contributed by atoms with Gasteiger partial charge in [0.1, 0.15) is 0 Å². The minimum atomic E-state index is -0.925. The van der Waals surface area contributed by atoms with Crippen LogP contribution in [0.25, 0.3) is 17.0 Å². The van der Waals surface area contributed by atoms with Gasteiger partial charge in [0.2, 0.25) is 11.7 Å². The summed E-state index contributed by atoms with van der Waals surface area (Å²) in [5.41, 5.74) is 3.83. The highest BCUT2D eigenvalue weighted by Gasteiger charge is 2.25. The smallest absolute Gasteiger partial charge is 0.331 e. The van der Waals surface area contributed by atoms with Gasteiger partial charge in [-0.15, -0.1) is 0 Å². The van der Waals surface area contributed by atoms with E-state index < -0.39 is 12.1 Å². The lowest BCUT2D eigenvalue weighted by Gasteiger charge is -2.15. The topological polar surface area (TPSA) is 76.6 Å². The zero-order valence-corrected chi connectivity index (χ0v) is 17.4. The summed E-state index contributed by atoms with van der Waals surface area (Å²) >= 11 is 0. The van der Waals surface area contributed by atoms with Crippen LogP contribution in [0.3, 0.4) is 0 Å². The highest BCUT2D eigenvalue weighted by atomic mass is 16.5. The van der Waals surface area contributed by atoms with Crippen LogP contribution in [0.15, 0.2) is 60.8 Å². The number of para-hydroxylation sites is 1. The van der Waals surface area contributed by atoms with Gasteiger partial charge in [-0.25, -0.2) is 4.79 Å². The van der Waals surface area contributed by atoms with Crippen molar-refractivity contribution < 1.29 is 19.1 Å². The predicted octanol–water partition coefficient (Wildman–Crippen LogP) is 3.97. The zero-order valence-electron chi connectivity index (χ0n) is 17.4. The van der Waals surface area contributed by atoms with E-state index in [4.69, 9.17) is 4.74 Å². The van der Waals surface area contributed by atoms with E-state index in [9.17, 15) is 14.4 Å². The molecule has 1 amide bonds. The number of pyridine rings is 1. The highest BCUT2D eigenvalue weighted by molar-refractivity contribution is 6.02. The third-order valence-electron chi connectivity index (χ3n) is 5.36. The van der Waals surface area contributed by atoms with Crippen molar-refractivity contribution in [3.63, 3.8) is 0 Å². The fraction of sp³-hybridized carbons (Fsp3) is 0.200. The summed E-state index contributed by atoms with van der Waals surface area (Å²) in [4.78, 5) is 42.8. The number of ketones is 1. The maximum Gasteiger partial charge on any atom is 0.331 e. The van der Waals surface area contributed by atoms with Crippen molar-refractivity contribution in [2.75, 3.05) is 11.4 Å². The molecule has 2 aromatic carbocycles. The predicted molar refractivity (Wildman–Crippen MR) is 119 cm³/mol. The molecule has 1 atom stereocenters. The van der Waals surface area contributed by atoms with Gasteiger partial charge in [0.15, 0.2) is 6.10 Å². The first-order valence-electron chi connectivity index (χ1n) is 10.1. The number of hydrogen-bond donors (Lipinski definition) is 0. The number of hydrogen-bond acceptors (Lipinski definition) is 5. The number of rotatable bonds is 5. The largest absolute Gasteiger partial charge is 0.451 e. The molecule has 3 aromatic rings. The van der Waals surface area contributed by atoms with E-state index in [1.165, 1.54) is 13.0 Å². The van der Waals surface area contributed by atoms with E-state index in [0.717, 1.165) is 27.7 Å². The molecule has 0 N–H and O–H groups in total. The molecule has 4 rings (SSSR count).